The zero-order valence-corrected chi connectivity index (χ0v) is 12.0. The third-order valence-corrected chi connectivity index (χ3v) is 3.64. The minimum atomic E-state index is -4.31. The minimum absolute atomic E-state index is 0.223. The lowest BCUT2D eigenvalue weighted by Gasteiger charge is -2.28. The summed E-state index contributed by atoms with van der Waals surface area (Å²) in [6, 6.07) is 6.98. The maximum absolute atomic E-state index is 12.0. The molecule has 0 aliphatic heterocycles. The minimum Gasteiger partial charge on any atom is -0.484 e. The number of rotatable bonds is 5. The zero-order chi connectivity index (χ0) is 15.3. The first-order valence-corrected chi connectivity index (χ1v) is 7.05. The fourth-order valence-corrected chi connectivity index (χ4v) is 2.49. The number of hydrogen-bond acceptors (Lipinski definition) is 3. The highest BCUT2D eigenvalue weighted by Crippen LogP contribution is 2.25. The lowest BCUT2D eigenvalue weighted by molar-refractivity contribution is -0.153. The van der Waals surface area contributed by atoms with Gasteiger partial charge in [-0.15, -0.1) is 0 Å². The Kier molecular flexibility index (Phi) is 5.33. The van der Waals surface area contributed by atoms with E-state index in [2.05, 4.69) is 10.1 Å². The van der Waals surface area contributed by atoms with E-state index in [9.17, 15) is 13.2 Å². The van der Waals surface area contributed by atoms with Crippen LogP contribution in [0.5, 0.6) is 5.75 Å². The lowest BCUT2D eigenvalue weighted by Crippen LogP contribution is -2.29. The molecule has 1 N–H and O–H groups in total. The van der Waals surface area contributed by atoms with Crippen molar-refractivity contribution in [1.82, 2.24) is 0 Å². The zero-order valence-electron chi connectivity index (χ0n) is 12.0. The van der Waals surface area contributed by atoms with Gasteiger partial charge < -0.3 is 14.8 Å². The highest BCUT2D eigenvalue weighted by Gasteiger charge is 2.28. The Morgan fingerprint density at radius 3 is 2.24 bits per heavy atom. The molecule has 1 aliphatic carbocycles. The summed E-state index contributed by atoms with van der Waals surface area (Å²) in [4.78, 5) is 0. The second-order valence-electron chi connectivity index (χ2n) is 5.28. The highest BCUT2D eigenvalue weighted by atomic mass is 19.4. The first-order valence-electron chi connectivity index (χ1n) is 7.05. The SMILES string of the molecule is COC1CCC(Nc2ccc(OCC(F)(F)F)cc2)CC1. The van der Waals surface area contributed by atoms with Crippen molar-refractivity contribution in [3.8, 4) is 5.75 Å². The van der Waals surface area contributed by atoms with Gasteiger partial charge in [0.05, 0.1) is 6.10 Å². The molecule has 1 fully saturated rings. The van der Waals surface area contributed by atoms with E-state index in [0.717, 1.165) is 31.4 Å². The third-order valence-electron chi connectivity index (χ3n) is 3.64. The van der Waals surface area contributed by atoms with Crippen LogP contribution in [0.1, 0.15) is 25.7 Å². The molecule has 0 unspecified atom stereocenters. The molecule has 0 spiro atoms. The second kappa shape index (κ2) is 7.02. The third kappa shape index (κ3) is 5.46. The molecular formula is C15H20F3NO2. The van der Waals surface area contributed by atoms with E-state index in [1.165, 1.54) is 0 Å². The molecule has 0 aromatic heterocycles. The smallest absolute Gasteiger partial charge is 0.422 e. The van der Waals surface area contributed by atoms with Gasteiger partial charge in [-0.2, -0.15) is 13.2 Å². The number of alkyl halides is 3. The van der Waals surface area contributed by atoms with Gasteiger partial charge in [-0.05, 0) is 49.9 Å². The molecule has 1 aromatic carbocycles. The predicted molar refractivity (Wildman–Crippen MR) is 74.7 cm³/mol. The number of halogens is 3. The Morgan fingerprint density at radius 1 is 1.10 bits per heavy atom. The molecule has 2 rings (SSSR count). The van der Waals surface area contributed by atoms with Gasteiger partial charge >= 0.3 is 6.18 Å². The van der Waals surface area contributed by atoms with Gasteiger partial charge in [-0.25, -0.2) is 0 Å². The van der Waals surface area contributed by atoms with Crippen molar-refractivity contribution in [3.63, 3.8) is 0 Å². The van der Waals surface area contributed by atoms with Crippen LogP contribution >= 0.6 is 0 Å². The fourth-order valence-electron chi connectivity index (χ4n) is 2.49. The summed E-state index contributed by atoms with van der Waals surface area (Å²) in [5.41, 5.74) is 0.898. The maximum atomic E-state index is 12.0. The normalized spacial score (nSPS) is 22.9. The van der Waals surface area contributed by atoms with Crippen molar-refractivity contribution in [2.24, 2.45) is 0 Å². The largest absolute Gasteiger partial charge is 0.484 e. The van der Waals surface area contributed by atoms with Crippen LogP contribution in [0.4, 0.5) is 18.9 Å². The molecule has 118 valence electrons. The van der Waals surface area contributed by atoms with Crippen LogP contribution in [0, 0.1) is 0 Å². The van der Waals surface area contributed by atoms with E-state index < -0.39 is 12.8 Å². The van der Waals surface area contributed by atoms with E-state index >= 15 is 0 Å². The van der Waals surface area contributed by atoms with E-state index in [0.29, 0.717) is 12.1 Å². The topological polar surface area (TPSA) is 30.5 Å². The second-order valence-corrected chi connectivity index (χ2v) is 5.28. The molecule has 0 saturated heterocycles. The van der Waals surface area contributed by atoms with Crippen LogP contribution in [0.15, 0.2) is 24.3 Å². The number of benzene rings is 1. The first-order chi connectivity index (χ1) is 9.96. The molecule has 0 amide bonds. The van der Waals surface area contributed by atoms with Crippen LogP contribution in [0.2, 0.25) is 0 Å². The van der Waals surface area contributed by atoms with E-state index in [1.807, 2.05) is 0 Å². The lowest BCUT2D eigenvalue weighted by atomic mass is 9.93. The average Bonchev–Trinajstić information content (AvgIpc) is 2.46. The fraction of sp³-hybridized carbons (Fsp3) is 0.600. The Morgan fingerprint density at radius 2 is 1.71 bits per heavy atom. The summed E-state index contributed by atoms with van der Waals surface area (Å²) in [6.07, 6.45) is 0.162. The molecule has 1 aromatic rings. The molecular weight excluding hydrogens is 283 g/mol. The van der Waals surface area contributed by atoms with Crippen molar-refractivity contribution in [1.29, 1.82) is 0 Å². The quantitative estimate of drug-likeness (QED) is 0.892. The molecule has 1 saturated carbocycles. The van der Waals surface area contributed by atoms with Crippen LogP contribution in [0.3, 0.4) is 0 Å². The molecule has 0 atom stereocenters. The number of nitrogens with one attached hydrogen (secondary N) is 1. The Bertz CT molecular complexity index is 426. The van der Waals surface area contributed by atoms with Gasteiger partial charge in [0.25, 0.3) is 0 Å². The molecule has 6 heteroatoms. The molecule has 1 aliphatic rings. The van der Waals surface area contributed by atoms with Crippen molar-refractivity contribution >= 4 is 5.69 Å². The van der Waals surface area contributed by atoms with Crippen LogP contribution in [-0.4, -0.2) is 32.0 Å². The van der Waals surface area contributed by atoms with Gasteiger partial charge in [0.15, 0.2) is 6.61 Å². The van der Waals surface area contributed by atoms with Crippen molar-refractivity contribution < 1.29 is 22.6 Å². The molecule has 0 heterocycles. The summed E-state index contributed by atoms with van der Waals surface area (Å²) in [7, 11) is 1.73. The first kappa shape index (κ1) is 15.9. The van der Waals surface area contributed by atoms with Gasteiger partial charge in [0, 0.05) is 18.8 Å². The number of ether oxygens (including phenoxy) is 2. The maximum Gasteiger partial charge on any atom is 0.422 e. The van der Waals surface area contributed by atoms with Gasteiger partial charge in [0.2, 0.25) is 0 Å². The molecule has 3 nitrogen and oxygen atoms in total. The standard InChI is InChI=1S/C15H20F3NO2/c1-20-13-6-2-11(3-7-13)19-12-4-8-14(9-5-12)21-10-15(16,17)18/h4-5,8-9,11,13,19H,2-3,6-7,10H2,1H3. The highest BCUT2D eigenvalue weighted by molar-refractivity contribution is 5.47. The summed E-state index contributed by atoms with van der Waals surface area (Å²) < 4.78 is 46.1. The molecule has 21 heavy (non-hydrogen) atoms. The van der Waals surface area contributed by atoms with Gasteiger partial charge in [-0.1, -0.05) is 0 Å². The summed E-state index contributed by atoms with van der Waals surface area (Å²) in [5.74, 6) is 0.223. The van der Waals surface area contributed by atoms with E-state index in [-0.39, 0.29) is 5.75 Å². The van der Waals surface area contributed by atoms with Crippen LogP contribution in [0.25, 0.3) is 0 Å². The number of methoxy groups -OCH3 is 1. The van der Waals surface area contributed by atoms with E-state index in [4.69, 9.17) is 4.74 Å². The van der Waals surface area contributed by atoms with Crippen LogP contribution in [-0.2, 0) is 4.74 Å². The van der Waals surface area contributed by atoms with Crippen molar-refractivity contribution in [2.45, 2.75) is 44.0 Å². The summed E-state index contributed by atoms with van der Waals surface area (Å²) >= 11 is 0. The Hall–Kier alpha value is -1.43. The van der Waals surface area contributed by atoms with Crippen LogP contribution < -0.4 is 10.1 Å². The monoisotopic (exact) mass is 303 g/mol. The Balaban J connectivity index is 1.80. The summed E-state index contributed by atoms with van der Waals surface area (Å²) in [6.45, 7) is -1.26. The van der Waals surface area contributed by atoms with Crippen molar-refractivity contribution in [3.05, 3.63) is 24.3 Å². The van der Waals surface area contributed by atoms with E-state index in [1.54, 1.807) is 31.4 Å². The molecule has 0 bridgehead atoms. The van der Waals surface area contributed by atoms with Crippen molar-refractivity contribution in [2.75, 3.05) is 19.0 Å². The number of hydrogen-bond donors (Lipinski definition) is 1. The van der Waals surface area contributed by atoms with Gasteiger partial charge in [-0.3, -0.25) is 0 Å². The molecule has 0 radical (unpaired) electrons. The van der Waals surface area contributed by atoms with Gasteiger partial charge in [0.1, 0.15) is 5.75 Å². The average molecular weight is 303 g/mol. The number of anilines is 1. The predicted octanol–water partition coefficient (Wildman–Crippen LogP) is 4.00. The Labute approximate surface area is 122 Å². The summed E-state index contributed by atoms with van der Waals surface area (Å²) in [5, 5.41) is 3.39.